The van der Waals surface area contributed by atoms with E-state index in [1.54, 1.807) is 6.07 Å². The Morgan fingerprint density at radius 1 is 1.25 bits per heavy atom. The maximum absolute atomic E-state index is 11.8. The van der Waals surface area contributed by atoms with Crippen molar-refractivity contribution in [3.63, 3.8) is 0 Å². The van der Waals surface area contributed by atoms with Gasteiger partial charge in [-0.2, -0.15) is 0 Å². The minimum Gasteiger partial charge on any atom is -0.548 e. The molecule has 0 saturated carbocycles. The summed E-state index contributed by atoms with van der Waals surface area (Å²) in [7, 11) is 0. The summed E-state index contributed by atoms with van der Waals surface area (Å²) >= 11 is 0. The molecule has 20 heavy (non-hydrogen) atoms. The van der Waals surface area contributed by atoms with Crippen LogP contribution < -0.4 is 15.7 Å². The predicted octanol–water partition coefficient (Wildman–Crippen LogP) is 1.59. The third-order valence-electron chi connectivity index (χ3n) is 2.93. The van der Waals surface area contributed by atoms with Crippen molar-refractivity contribution in [2.45, 2.75) is 40.2 Å². The average molecular weight is 277 g/mol. The van der Waals surface area contributed by atoms with Gasteiger partial charge < -0.3 is 20.5 Å². The molecule has 0 fully saturated rings. The Kier molecular flexibility index (Phi) is 5.55. The first-order valence-corrected chi connectivity index (χ1v) is 6.65. The van der Waals surface area contributed by atoms with E-state index in [2.05, 4.69) is 10.6 Å². The Balaban J connectivity index is 2.68. The molecule has 1 aromatic rings. The molecule has 1 rings (SSSR count). The van der Waals surface area contributed by atoms with E-state index in [0.717, 1.165) is 11.1 Å². The first kappa shape index (κ1) is 16.0. The lowest BCUT2D eigenvalue weighted by molar-refractivity contribution is -0.308. The van der Waals surface area contributed by atoms with E-state index in [1.165, 1.54) is 0 Å². The molecule has 0 bridgehead atoms. The smallest absolute Gasteiger partial charge is 0.319 e. The van der Waals surface area contributed by atoms with Crippen LogP contribution in [0.15, 0.2) is 18.2 Å². The molecule has 0 aliphatic carbocycles. The van der Waals surface area contributed by atoms with Crippen molar-refractivity contribution >= 4 is 17.7 Å². The molecule has 0 aromatic heterocycles. The summed E-state index contributed by atoms with van der Waals surface area (Å²) in [6.07, 6.45) is 0.336. The average Bonchev–Trinajstić information content (AvgIpc) is 2.31. The summed E-state index contributed by atoms with van der Waals surface area (Å²) in [5, 5.41) is 16.1. The molecule has 0 spiro atoms. The zero-order valence-corrected chi connectivity index (χ0v) is 12.3. The maximum Gasteiger partial charge on any atom is 0.319 e. The Bertz CT molecular complexity index is 498. The number of carbonyl (C=O) groups is 2. The Labute approximate surface area is 119 Å². The van der Waals surface area contributed by atoms with Gasteiger partial charge in [0.2, 0.25) is 0 Å². The van der Waals surface area contributed by atoms with Gasteiger partial charge in [-0.15, -0.1) is 0 Å². The van der Waals surface area contributed by atoms with Crippen LogP contribution in [-0.2, 0) is 4.79 Å². The number of amides is 2. The third-order valence-corrected chi connectivity index (χ3v) is 2.93. The predicted molar refractivity (Wildman–Crippen MR) is 76.3 cm³/mol. The molecule has 110 valence electrons. The van der Waals surface area contributed by atoms with E-state index >= 15 is 0 Å². The van der Waals surface area contributed by atoms with Crippen molar-refractivity contribution in [3.8, 4) is 0 Å². The molecule has 2 N–H and O–H groups in total. The molecule has 5 heteroatoms. The molecule has 0 aliphatic rings. The highest BCUT2D eigenvalue weighted by Gasteiger charge is 2.15. The Morgan fingerprint density at radius 3 is 2.40 bits per heavy atom. The van der Waals surface area contributed by atoms with Crippen LogP contribution in [0.3, 0.4) is 0 Å². The van der Waals surface area contributed by atoms with Crippen molar-refractivity contribution < 1.29 is 14.7 Å². The van der Waals surface area contributed by atoms with Gasteiger partial charge in [-0.1, -0.05) is 31.5 Å². The van der Waals surface area contributed by atoms with Gasteiger partial charge in [0.1, 0.15) is 0 Å². The van der Waals surface area contributed by atoms with Crippen LogP contribution in [0.1, 0.15) is 31.4 Å². The largest absolute Gasteiger partial charge is 0.548 e. The summed E-state index contributed by atoms with van der Waals surface area (Å²) in [5.74, 6) is -1.12. The Morgan fingerprint density at radius 2 is 1.90 bits per heavy atom. The van der Waals surface area contributed by atoms with Crippen molar-refractivity contribution in [1.82, 2.24) is 5.32 Å². The van der Waals surface area contributed by atoms with E-state index in [-0.39, 0.29) is 5.92 Å². The zero-order chi connectivity index (χ0) is 15.3. The second kappa shape index (κ2) is 6.93. The summed E-state index contributed by atoms with van der Waals surface area (Å²) in [6, 6.07) is 4.10. The lowest BCUT2D eigenvalue weighted by Gasteiger charge is -2.22. The number of hydrogen-bond acceptors (Lipinski definition) is 3. The molecule has 2 amide bonds. The summed E-state index contributed by atoms with van der Waals surface area (Å²) in [6.45, 7) is 7.62. The molecule has 1 aromatic carbocycles. The van der Waals surface area contributed by atoms with Gasteiger partial charge in [0.15, 0.2) is 0 Å². The van der Waals surface area contributed by atoms with Crippen molar-refractivity contribution in [2.75, 3.05) is 5.32 Å². The maximum atomic E-state index is 11.8. The van der Waals surface area contributed by atoms with E-state index in [1.807, 2.05) is 39.8 Å². The topological polar surface area (TPSA) is 81.3 Å². The number of carboxylic acid groups (broad SMARTS) is 1. The zero-order valence-electron chi connectivity index (χ0n) is 12.3. The highest BCUT2D eigenvalue weighted by molar-refractivity contribution is 5.92. The lowest BCUT2D eigenvalue weighted by Crippen LogP contribution is -2.49. The Hall–Kier alpha value is -2.04. The van der Waals surface area contributed by atoms with Crippen LogP contribution >= 0.6 is 0 Å². The molecule has 0 heterocycles. The molecule has 1 atom stereocenters. The van der Waals surface area contributed by atoms with Gasteiger partial charge in [-0.3, -0.25) is 0 Å². The lowest BCUT2D eigenvalue weighted by atomic mass is 10.0. The second-order valence-corrected chi connectivity index (χ2v) is 5.42. The first-order chi connectivity index (χ1) is 9.29. The van der Waals surface area contributed by atoms with Crippen molar-refractivity contribution in [1.29, 1.82) is 0 Å². The van der Waals surface area contributed by atoms with Crippen molar-refractivity contribution in [3.05, 3.63) is 29.3 Å². The minimum atomic E-state index is -1.27. The number of rotatable bonds is 5. The van der Waals surface area contributed by atoms with E-state index < -0.39 is 18.0 Å². The highest BCUT2D eigenvalue weighted by atomic mass is 16.4. The van der Waals surface area contributed by atoms with Crippen LogP contribution in [-0.4, -0.2) is 18.0 Å². The van der Waals surface area contributed by atoms with Crippen LogP contribution in [0.2, 0.25) is 0 Å². The van der Waals surface area contributed by atoms with Gasteiger partial charge in [0.25, 0.3) is 0 Å². The van der Waals surface area contributed by atoms with Gasteiger partial charge in [-0.25, -0.2) is 4.79 Å². The molecule has 0 saturated heterocycles. The molecule has 5 nitrogen and oxygen atoms in total. The first-order valence-electron chi connectivity index (χ1n) is 6.65. The van der Waals surface area contributed by atoms with E-state index in [4.69, 9.17) is 0 Å². The highest BCUT2D eigenvalue weighted by Crippen LogP contribution is 2.16. The van der Waals surface area contributed by atoms with Crippen LogP contribution in [0.5, 0.6) is 0 Å². The molecular formula is C15H21N2O3-. The molecule has 0 radical (unpaired) electrons. The number of urea groups is 1. The van der Waals surface area contributed by atoms with Crippen LogP contribution in [0, 0.1) is 19.8 Å². The second-order valence-electron chi connectivity index (χ2n) is 5.42. The molecular weight excluding hydrogens is 256 g/mol. The minimum absolute atomic E-state index is 0.152. The monoisotopic (exact) mass is 277 g/mol. The number of nitrogens with one attached hydrogen (secondary N) is 2. The number of carboxylic acids is 1. The van der Waals surface area contributed by atoms with E-state index in [0.29, 0.717) is 12.1 Å². The quantitative estimate of drug-likeness (QED) is 0.857. The third kappa shape index (κ3) is 4.91. The SMILES string of the molecule is Cc1ccc(NC(=O)N[C@@H](CC(C)C)C(=O)[O-])c(C)c1. The molecule has 0 unspecified atom stereocenters. The summed E-state index contributed by atoms with van der Waals surface area (Å²) in [4.78, 5) is 22.8. The van der Waals surface area contributed by atoms with Crippen LogP contribution in [0.4, 0.5) is 10.5 Å². The molecule has 0 aliphatic heterocycles. The standard InChI is InChI=1S/C15H22N2O3/c1-9(2)7-13(14(18)19)17-15(20)16-12-6-5-10(3)8-11(12)4/h5-6,8-9,13H,7H2,1-4H3,(H,18,19)(H2,16,17,20)/p-1/t13-/m0/s1. The number of anilines is 1. The number of carbonyl (C=O) groups excluding carboxylic acids is 2. The normalized spacial score (nSPS) is 12.1. The van der Waals surface area contributed by atoms with Crippen LogP contribution in [0.25, 0.3) is 0 Å². The van der Waals surface area contributed by atoms with Crippen molar-refractivity contribution in [2.24, 2.45) is 5.92 Å². The number of aliphatic carboxylic acids is 1. The fourth-order valence-corrected chi connectivity index (χ4v) is 1.96. The fourth-order valence-electron chi connectivity index (χ4n) is 1.96. The van der Waals surface area contributed by atoms with Gasteiger partial charge in [-0.05, 0) is 37.8 Å². The number of benzene rings is 1. The number of aryl methyl sites for hydroxylation is 2. The van der Waals surface area contributed by atoms with Gasteiger partial charge >= 0.3 is 6.03 Å². The van der Waals surface area contributed by atoms with Gasteiger partial charge in [0.05, 0.1) is 12.0 Å². The summed E-state index contributed by atoms with van der Waals surface area (Å²) in [5.41, 5.74) is 2.68. The van der Waals surface area contributed by atoms with E-state index in [9.17, 15) is 14.7 Å². The number of hydrogen-bond donors (Lipinski definition) is 2. The fraction of sp³-hybridized carbons (Fsp3) is 0.467. The summed E-state index contributed by atoms with van der Waals surface area (Å²) < 4.78 is 0. The van der Waals surface area contributed by atoms with Gasteiger partial charge in [0, 0.05) is 5.69 Å².